The lowest BCUT2D eigenvalue weighted by atomic mass is 9.92. The van der Waals surface area contributed by atoms with Crippen LogP contribution in [0.3, 0.4) is 0 Å². The maximum absolute atomic E-state index is 5.79. The van der Waals surface area contributed by atoms with Crippen molar-refractivity contribution in [2.24, 2.45) is 0 Å². The van der Waals surface area contributed by atoms with E-state index in [2.05, 4.69) is 12.1 Å². The molecule has 0 N–H and O–H groups in total. The van der Waals surface area contributed by atoms with Crippen molar-refractivity contribution in [1.29, 1.82) is 0 Å². The van der Waals surface area contributed by atoms with Crippen LogP contribution in [0.4, 0.5) is 0 Å². The third-order valence-electron chi connectivity index (χ3n) is 2.71. The Kier molecular flexibility index (Phi) is 3.24. The van der Waals surface area contributed by atoms with Gasteiger partial charge in [0.1, 0.15) is 5.75 Å². The number of benzene rings is 1. The van der Waals surface area contributed by atoms with Crippen molar-refractivity contribution in [3.63, 3.8) is 0 Å². The molecule has 0 saturated heterocycles. The summed E-state index contributed by atoms with van der Waals surface area (Å²) in [7, 11) is 8.73. The summed E-state index contributed by atoms with van der Waals surface area (Å²) in [6, 6.07) is 4.31. The quantitative estimate of drug-likeness (QED) is 0.761. The van der Waals surface area contributed by atoms with Crippen LogP contribution >= 0.6 is 21.7 Å². The molecule has 0 amide bonds. The largest absolute Gasteiger partial charge is 0.496 e. The van der Waals surface area contributed by atoms with Crippen LogP contribution in [0.25, 0.3) is 0 Å². The second-order valence-corrected chi connectivity index (χ2v) is 4.61. The van der Waals surface area contributed by atoms with Gasteiger partial charge in [-0.3, -0.25) is 0 Å². The first-order valence-electron chi connectivity index (χ1n) is 4.83. The van der Waals surface area contributed by atoms with Crippen molar-refractivity contribution < 1.29 is 4.74 Å². The Hall–Kier alpha value is -0.340. The first-order chi connectivity index (χ1) is 6.85. The zero-order chi connectivity index (χ0) is 9.97. The van der Waals surface area contributed by atoms with E-state index >= 15 is 0 Å². The van der Waals surface area contributed by atoms with E-state index in [-0.39, 0.29) is 0 Å². The van der Waals surface area contributed by atoms with Gasteiger partial charge in [-0.25, -0.2) is 0 Å². The molecule has 2 rings (SSSR count). The molecule has 1 aromatic carbocycles. The van der Waals surface area contributed by atoms with E-state index in [9.17, 15) is 0 Å². The number of fused-ring (bicyclic) bond motifs is 1. The molecule has 0 heterocycles. The van der Waals surface area contributed by atoms with Gasteiger partial charge in [0.15, 0.2) is 0 Å². The fraction of sp³-hybridized carbons (Fsp3) is 0.455. The summed E-state index contributed by atoms with van der Waals surface area (Å²) >= 11 is 0. The minimum Gasteiger partial charge on any atom is -0.496 e. The Morgan fingerprint density at radius 1 is 1.21 bits per heavy atom. The highest BCUT2D eigenvalue weighted by Gasteiger charge is 2.13. The molecule has 0 atom stereocenters. The predicted octanol–water partition coefficient (Wildman–Crippen LogP) is 3.82. The molecule has 1 aliphatic rings. The Balaban J connectivity index is 2.43. The summed E-state index contributed by atoms with van der Waals surface area (Å²) < 4.78 is 5.30. The van der Waals surface area contributed by atoms with Gasteiger partial charge in [-0.15, -0.1) is 0 Å². The van der Waals surface area contributed by atoms with Crippen molar-refractivity contribution in [2.45, 2.75) is 30.6 Å². The molecular formula is C11H13ClOS. The number of halogens is 1. The van der Waals surface area contributed by atoms with Crippen molar-refractivity contribution in [3.8, 4) is 5.75 Å². The Morgan fingerprint density at radius 3 is 2.43 bits per heavy atom. The van der Waals surface area contributed by atoms with E-state index < -0.39 is 0 Å². The van der Waals surface area contributed by atoms with E-state index in [1.54, 1.807) is 7.11 Å². The summed E-state index contributed by atoms with van der Waals surface area (Å²) in [6.45, 7) is 0. The Labute approximate surface area is 93.3 Å². The van der Waals surface area contributed by atoms with Crippen LogP contribution in [-0.2, 0) is 12.8 Å². The second-order valence-electron chi connectivity index (χ2n) is 3.56. The molecule has 0 spiro atoms. The van der Waals surface area contributed by atoms with Crippen LogP contribution in [0.15, 0.2) is 17.0 Å². The maximum Gasteiger partial charge on any atom is 0.133 e. The molecule has 1 nitrogen and oxygen atoms in total. The molecule has 0 bridgehead atoms. The van der Waals surface area contributed by atoms with E-state index in [4.69, 9.17) is 15.4 Å². The SMILES string of the molecule is COc1cc2c(cc1SCl)CCCC2. The van der Waals surface area contributed by atoms with Crippen molar-refractivity contribution in [3.05, 3.63) is 23.3 Å². The van der Waals surface area contributed by atoms with Gasteiger partial charge in [0.25, 0.3) is 0 Å². The molecule has 0 aliphatic heterocycles. The standard InChI is InChI=1S/C11H13ClOS/c1-13-10-6-8-4-2-3-5-9(8)7-11(10)14-12/h6-7H,2-5H2,1H3. The van der Waals surface area contributed by atoms with Crippen LogP contribution in [0.1, 0.15) is 24.0 Å². The minimum atomic E-state index is 0.908. The van der Waals surface area contributed by atoms with Gasteiger partial charge in [-0.2, -0.15) is 0 Å². The van der Waals surface area contributed by atoms with Crippen LogP contribution in [0, 0.1) is 0 Å². The molecule has 76 valence electrons. The molecular weight excluding hydrogens is 216 g/mol. The summed E-state index contributed by atoms with van der Waals surface area (Å²) in [5.41, 5.74) is 2.88. The Bertz CT molecular complexity index is 294. The van der Waals surface area contributed by atoms with Gasteiger partial charge in [0.05, 0.1) is 12.0 Å². The second kappa shape index (κ2) is 4.45. The first-order valence-corrected chi connectivity index (χ1v) is 6.48. The third kappa shape index (κ3) is 1.86. The van der Waals surface area contributed by atoms with E-state index in [1.165, 1.54) is 47.8 Å². The highest BCUT2D eigenvalue weighted by molar-refractivity contribution is 8.21. The fourth-order valence-electron chi connectivity index (χ4n) is 1.96. The van der Waals surface area contributed by atoms with Crippen molar-refractivity contribution in [1.82, 2.24) is 0 Å². The summed E-state index contributed by atoms with van der Waals surface area (Å²) in [6.07, 6.45) is 4.96. The number of methoxy groups -OCH3 is 1. The lowest BCUT2D eigenvalue weighted by molar-refractivity contribution is 0.403. The highest BCUT2D eigenvalue weighted by atomic mass is 35.7. The Morgan fingerprint density at radius 2 is 1.86 bits per heavy atom. The molecule has 0 saturated carbocycles. The number of hydrogen-bond acceptors (Lipinski definition) is 2. The van der Waals surface area contributed by atoms with E-state index in [0.29, 0.717) is 0 Å². The van der Waals surface area contributed by atoms with Crippen LogP contribution < -0.4 is 4.74 Å². The summed E-state index contributed by atoms with van der Waals surface area (Å²) in [4.78, 5) is 1.04. The van der Waals surface area contributed by atoms with E-state index in [1.807, 2.05) is 0 Å². The zero-order valence-electron chi connectivity index (χ0n) is 8.18. The van der Waals surface area contributed by atoms with E-state index in [0.717, 1.165) is 10.6 Å². The predicted molar refractivity (Wildman–Crippen MR) is 61.3 cm³/mol. The lowest BCUT2D eigenvalue weighted by Gasteiger charge is -2.18. The zero-order valence-corrected chi connectivity index (χ0v) is 9.75. The topological polar surface area (TPSA) is 9.23 Å². The maximum atomic E-state index is 5.79. The van der Waals surface area contributed by atoms with Crippen LogP contribution in [0.2, 0.25) is 0 Å². The van der Waals surface area contributed by atoms with Crippen molar-refractivity contribution in [2.75, 3.05) is 7.11 Å². The summed E-state index contributed by atoms with van der Waals surface area (Å²) in [5, 5.41) is 0. The van der Waals surface area contributed by atoms with Gasteiger partial charge in [-0.1, -0.05) is 0 Å². The molecule has 1 aromatic rings. The summed E-state index contributed by atoms with van der Waals surface area (Å²) in [5.74, 6) is 0.908. The monoisotopic (exact) mass is 228 g/mol. The molecule has 0 fully saturated rings. The van der Waals surface area contributed by atoms with Crippen LogP contribution in [0.5, 0.6) is 5.75 Å². The lowest BCUT2D eigenvalue weighted by Crippen LogP contribution is -2.03. The van der Waals surface area contributed by atoms with Gasteiger partial charge in [-0.05, 0) is 70.6 Å². The smallest absolute Gasteiger partial charge is 0.133 e. The van der Waals surface area contributed by atoms with Gasteiger partial charge >= 0.3 is 0 Å². The number of ether oxygens (including phenoxy) is 1. The normalized spacial score (nSPS) is 15.0. The average Bonchev–Trinajstić information content (AvgIpc) is 2.27. The van der Waals surface area contributed by atoms with Gasteiger partial charge < -0.3 is 4.74 Å². The molecule has 3 heteroatoms. The van der Waals surface area contributed by atoms with Gasteiger partial charge in [0, 0.05) is 0 Å². The molecule has 14 heavy (non-hydrogen) atoms. The third-order valence-corrected chi connectivity index (χ3v) is 3.70. The highest BCUT2D eigenvalue weighted by Crippen LogP contribution is 2.36. The molecule has 0 radical (unpaired) electrons. The first kappa shape index (κ1) is 10.2. The van der Waals surface area contributed by atoms with Crippen LogP contribution in [-0.4, -0.2) is 7.11 Å². The molecule has 0 aromatic heterocycles. The molecule has 1 aliphatic carbocycles. The number of rotatable bonds is 2. The minimum absolute atomic E-state index is 0.908. The number of aryl methyl sites for hydroxylation is 2. The molecule has 0 unspecified atom stereocenters. The van der Waals surface area contributed by atoms with Gasteiger partial charge in [0.2, 0.25) is 0 Å². The fourth-order valence-corrected chi connectivity index (χ4v) is 2.73. The number of hydrogen-bond donors (Lipinski definition) is 0. The van der Waals surface area contributed by atoms with Crippen molar-refractivity contribution >= 4 is 21.7 Å². The average molecular weight is 229 g/mol.